The lowest BCUT2D eigenvalue weighted by Crippen LogP contribution is -2.00. The molecular formula is C16H14O6S2. The van der Waals surface area contributed by atoms with E-state index in [9.17, 15) is 19.8 Å². The summed E-state index contributed by atoms with van der Waals surface area (Å²) < 4.78 is 9.17. The Balaban J connectivity index is 2.11. The lowest BCUT2D eigenvalue weighted by Gasteiger charge is -2.08. The van der Waals surface area contributed by atoms with E-state index in [0.717, 1.165) is 0 Å². The van der Waals surface area contributed by atoms with Crippen molar-refractivity contribution in [3.8, 4) is 11.5 Å². The summed E-state index contributed by atoms with van der Waals surface area (Å²) in [6.45, 7) is 0. The van der Waals surface area contributed by atoms with Gasteiger partial charge in [0, 0.05) is 0 Å². The molecule has 0 aliphatic heterocycles. The van der Waals surface area contributed by atoms with E-state index in [0.29, 0.717) is 9.79 Å². The van der Waals surface area contributed by atoms with Crippen LogP contribution in [-0.2, 0) is 9.47 Å². The Labute approximate surface area is 146 Å². The molecule has 126 valence electrons. The minimum atomic E-state index is -0.537. The summed E-state index contributed by atoms with van der Waals surface area (Å²) in [4.78, 5) is 23.8. The van der Waals surface area contributed by atoms with E-state index in [2.05, 4.69) is 9.47 Å². The van der Waals surface area contributed by atoms with Gasteiger partial charge in [-0.25, -0.2) is 9.59 Å². The van der Waals surface area contributed by atoms with Crippen molar-refractivity contribution in [2.24, 2.45) is 0 Å². The van der Waals surface area contributed by atoms with Gasteiger partial charge in [0.05, 0.1) is 35.1 Å². The summed E-state index contributed by atoms with van der Waals surface area (Å²) in [6, 6.07) is 8.87. The molecule has 0 amide bonds. The summed E-state index contributed by atoms with van der Waals surface area (Å²) >= 11 is 0. The summed E-state index contributed by atoms with van der Waals surface area (Å²) in [6.07, 6.45) is 0. The zero-order chi connectivity index (χ0) is 17.7. The molecular weight excluding hydrogens is 352 g/mol. The third-order valence-electron chi connectivity index (χ3n) is 2.98. The Morgan fingerprint density at radius 2 is 1.17 bits per heavy atom. The fourth-order valence-electron chi connectivity index (χ4n) is 1.76. The standard InChI is InChI=1S/C16H14O6S2/c1-21-15(19)9-3-5-13(11(17)7-9)23-24-14-6-4-10(8-12(14)18)16(20)22-2/h3-8,17-18H,1-2H3. The average Bonchev–Trinajstić information content (AvgIpc) is 2.60. The average molecular weight is 366 g/mol. The molecule has 24 heavy (non-hydrogen) atoms. The molecule has 0 aliphatic carbocycles. The number of carbonyl (C=O) groups is 2. The minimum absolute atomic E-state index is 0.0685. The van der Waals surface area contributed by atoms with Crippen molar-refractivity contribution in [2.45, 2.75) is 9.79 Å². The number of esters is 2. The fraction of sp³-hybridized carbons (Fsp3) is 0.125. The molecule has 0 aromatic heterocycles. The van der Waals surface area contributed by atoms with Gasteiger partial charge in [-0.3, -0.25) is 0 Å². The topological polar surface area (TPSA) is 93.1 Å². The number of phenols is 2. The number of hydrogen-bond donors (Lipinski definition) is 2. The van der Waals surface area contributed by atoms with Crippen molar-refractivity contribution in [3.63, 3.8) is 0 Å². The second kappa shape index (κ2) is 7.98. The second-order valence-corrected chi connectivity index (χ2v) is 6.73. The van der Waals surface area contributed by atoms with Crippen molar-refractivity contribution in [1.82, 2.24) is 0 Å². The number of rotatable bonds is 5. The summed E-state index contributed by atoms with van der Waals surface area (Å²) in [5.74, 6) is -1.21. The summed E-state index contributed by atoms with van der Waals surface area (Å²) in [7, 11) is 4.93. The Hall–Kier alpha value is -2.32. The normalized spacial score (nSPS) is 10.2. The highest BCUT2D eigenvalue weighted by atomic mass is 33.1. The number of carbonyl (C=O) groups excluding carboxylic acids is 2. The lowest BCUT2D eigenvalue weighted by atomic mass is 10.2. The van der Waals surface area contributed by atoms with E-state index in [-0.39, 0.29) is 22.6 Å². The first kappa shape index (κ1) is 18.0. The van der Waals surface area contributed by atoms with Crippen LogP contribution in [0.5, 0.6) is 11.5 Å². The van der Waals surface area contributed by atoms with E-state index >= 15 is 0 Å². The molecule has 2 aromatic rings. The van der Waals surface area contributed by atoms with E-state index in [1.807, 2.05) is 0 Å². The maximum atomic E-state index is 11.4. The number of aromatic hydroxyl groups is 2. The highest BCUT2D eigenvalue weighted by Crippen LogP contribution is 2.44. The molecule has 0 saturated heterocycles. The molecule has 6 nitrogen and oxygen atoms in total. The minimum Gasteiger partial charge on any atom is -0.507 e. The summed E-state index contributed by atoms with van der Waals surface area (Å²) in [5, 5.41) is 19.9. The van der Waals surface area contributed by atoms with Gasteiger partial charge in [-0.05, 0) is 58.0 Å². The smallest absolute Gasteiger partial charge is 0.337 e. The molecule has 0 saturated carbocycles. The van der Waals surface area contributed by atoms with E-state index in [1.165, 1.54) is 60.1 Å². The SMILES string of the molecule is COC(=O)c1ccc(SSc2ccc(C(=O)OC)cc2O)c(O)c1. The molecule has 0 bridgehead atoms. The van der Waals surface area contributed by atoms with Crippen LogP contribution in [0.1, 0.15) is 20.7 Å². The van der Waals surface area contributed by atoms with Gasteiger partial charge < -0.3 is 19.7 Å². The zero-order valence-corrected chi connectivity index (χ0v) is 14.4. The number of ether oxygens (including phenoxy) is 2. The van der Waals surface area contributed by atoms with Crippen LogP contribution in [0.3, 0.4) is 0 Å². The van der Waals surface area contributed by atoms with Crippen LogP contribution in [0, 0.1) is 0 Å². The van der Waals surface area contributed by atoms with Crippen molar-refractivity contribution in [2.75, 3.05) is 14.2 Å². The largest absolute Gasteiger partial charge is 0.507 e. The maximum Gasteiger partial charge on any atom is 0.337 e. The predicted molar refractivity (Wildman–Crippen MR) is 90.6 cm³/mol. The van der Waals surface area contributed by atoms with Gasteiger partial charge in [0.1, 0.15) is 11.5 Å². The van der Waals surface area contributed by atoms with Crippen LogP contribution >= 0.6 is 21.6 Å². The first-order valence-electron chi connectivity index (χ1n) is 6.63. The Morgan fingerprint density at radius 3 is 1.46 bits per heavy atom. The monoisotopic (exact) mass is 366 g/mol. The van der Waals surface area contributed by atoms with Gasteiger partial charge in [-0.15, -0.1) is 0 Å². The van der Waals surface area contributed by atoms with Gasteiger partial charge in [0.15, 0.2) is 0 Å². The lowest BCUT2D eigenvalue weighted by molar-refractivity contribution is 0.0591. The number of methoxy groups -OCH3 is 2. The number of phenolic OH excluding ortho intramolecular Hbond substituents is 2. The predicted octanol–water partition coefficient (Wildman–Crippen LogP) is 3.47. The van der Waals surface area contributed by atoms with Crippen molar-refractivity contribution < 1.29 is 29.3 Å². The highest BCUT2D eigenvalue weighted by molar-refractivity contribution is 8.76. The Kier molecular flexibility index (Phi) is 5.99. The van der Waals surface area contributed by atoms with Gasteiger partial charge in [-0.2, -0.15) is 0 Å². The zero-order valence-electron chi connectivity index (χ0n) is 12.8. The van der Waals surface area contributed by atoms with E-state index in [1.54, 1.807) is 12.1 Å². The highest BCUT2D eigenvalue weighted by Gasteiger charge is 2.13. The number of benzene rings is 2. The first-order valence-corrected chi connectivity index (χ1v) is 8.78. The van der Waals surface area contributed by atoms with Crippen LogP contribution in [-0.4, -0.2) is 36.4 Å². The van der Waals surface area contributed by atoms with Crippen molar-refractivity contribution in [1.29, 1.82) is 0 Å². The quantitative estimate of drug-likeness (QED) is 0.614. The molecule has 0 atom stereocenters. The van der Waals surface area contributed by atoms with Crippen LogP contribution < -0.4 is 0 Å². The third kappa shape index (κ3) is 4.15. The summed E-state index contributed by atoms with van der Waals surface area (Å²) in [5.41, 5.74) is 0.490. The van der Waals surface area contributed by atoms with E-state index < -0.39 is 11.9 Å². The molecule has 2 aromatic carbocycles. The van der Waals surface area contributed by atoms with Gasteiger partial charge in [-0.1, -0.05) is 0 Å². The number of hydrogen-bond acceptors (Lipinski definition) is 8. The first-order chi connectivity index (χ1) is 11.5. The van der Waals surface area contributed by atoms with Crippen LogP contribution in [0.2, 0.25) is 0 Å². The van der Waals surface area contributed by atoms with Crippen LogP contribution in [0.4, 0.5) is 0 Å². The second-order valence-electron chi connectivity index (χ2n) is 4.51. The molecule has 0 fully saturated rings. The van der Waals surface area contributed by atoms with Gasteiger partial charge in [0.25, 0.3) is 0 Å². The van der Waals surface area contributed by atoms with Crippen LogP contribution in [0.25, 0.3) is 0 Å². The van der Waals surface area contributed by atoms with Gasteiger partial charge in [0.2, 0.25) is 0 Å². The third-order valence-corrected chi connectivity index (χ3v) is 5.44. The molecule has 8 heteroatoms. The molecule has 0 aliphatic rings. The molecule has 2 rings (SSSR count). The fourth-order valence-corrected chi connectivity index (χ4v) is 3.85. The molecule has 0 unspecified atom stereocenters. The maximum absolute atomic E-state index is 11.4. The van der Waals surface area contributed by atoms with Gasteiger partial charge >= 0.3 is 11.9 Å². The van der Waals surface area contributed by atoms with E-state index in [4.69, 9.17) is 0 Å². The van der Waals surface area contributed by atoms with Crippen molar-refractivity contribution in [3.05, 3.63) is 47.5 Å². The van der Waals surface area contributed by atoms with Crippen molar-refractivity contribution >= 4 is 33.5 Å². The van der Waals surface area contributed by atoms with Crippen LogP contribution in [0.15, 0.2) is 46.2 Å². The Morgan fingerprint density at radius 1 is 0.792 bits per heavy atom. The molecule has 0 radical (unpaired) electrons. The molecule has 0 heterocycles. The Bertz CT molecular complexity index is 710. The molecule has 0 spiro atoms. The molecule has 2 N–H and O–H groups in total.